The minimum atomic E-state index is -0.848. The van der Waals surface area contributed by atoms with Gasteiger partial charge in [0.15, 0.2) is 0 Å². The van der Waals surface area contributed by atoms with Crippen molar-refractivity contribution in [2.24, 2.45) is 5.92 Å². The van der Waals surface area contributed by atoms with Crippen LogP contribution in [0.4, 0.5) is 5.82 Å². The third kappa shape index (κ3) is 3.17. The number of nitrogens with zero attached hydrogens (tertiary/aromatic N) is 1. The normalized spacial score (nSPS) is 12.6. The number of carbonyl (C=O) groups is 1. The molecule has 0 bridgehead atoms. The summed E-state index contributed by atoms with van der Waals surface area (Å²) in [5.74, 6) is 0.0611. The second-order valence-electron chi connectivity index (χ2n) is 5.16. The lowest BCUT2D eigenvalue weighted by molar-refractivity contribution is -0.137. The van der Waals surface area contributed by atoms with Crippen molar-refractivity contribution in [3.8, 4) is 5.75 Å². The van der Waals surface area contributed by atoms with Gasteiger partial charge in [0.05, 0.1) is 6.42 Å². The number of phenolic OH excluding ortho intramolecular Hbond substituents is 1. The molecule has 1 unspecified atom stereocenters. The van der Waals surface area contributed by atoms with Crippen LogP contribution in [0.1, 0.15) is 20.3 Å². The number of aromatic hydroxyl groups is 1. The second-order valence-corrected chi connectivity index (χ2v) is 5.16. The molecule has 1 heterocycles. The van der Waals surface area contributed by atoms with E-state index < -0.39 is 5.97 Å². The topological polar surface area (TPSA) is 82.5 Å². The Labute approximate surface area is 117 Å². The number of pyridine rings is 1. The molecule has 5 heteroatoms. The van der Waals surface area contributed by atoms with E-state index in [4.69, 9.17) is 5.11 Å². The average Bonchev–Trinajstić information content (AvgIpc) is 2.38. The summed E-state index contributed by atoms with van der Waals surface area (Å²) in [6, 6.07) is 6.68. The second kappa shape index (κ2) is 5.77. The van der Waals surface area contributed by atoms with Crippen molar-refractivity contribution in [3.05, 3.63) is 30.5 Å². The van der Waals surface area contributed by atoms with Gasteiger partial charge in [0.25, 0.3) is 0 Å². The van der Waals surface area contributed by atoms with Gasteiger partial charge in [-0.1, -0.05) is 19.9 Å². The molecule has 2 rings (SSSR count). The van der Waals surface area contributed by atoms with Crippen molar-refractivity contribution >= 4 is 22.6 Å². The Morgan fingerprint density at radius 2 is 2.10 bits per heavy atom. The SMILES string of the molecule is CC(C)C(CC(=O)O)Nc1nccc2ccc(O)cc12. The fraction of sp³-hybridized carbons (Fsp3) is 0.333. The lowest BCUT2D eigenvalue weighted by atomic mass is 10.0. The molecule has 0 aliphatic heterocycles. The van der Waals surface area contributed by atoms with Gasteiger partial charge in [0, 0.05) is 17.6 Å². The maximum Gasteiger partial charge on any atom is 0.305 e. The number of phenols is 1. The van der Waals surface area contributed by atoms with E-state index in [0.29, 0.717) is 5.82 Å². The number of carboxylic acid groups (broad SMARTS) is 1. The number of hydrogen-bond acceptors (Lipinski definition) is 4. The Morgan fingerprint density at radius 3 is 2.75 bits per heavy atom. The van der Waals surface area contributed by atoms with Gasteiger partial charge in [0.1, 0.15) is 11.6 Å². The van der Waals surface area contributed by atoms with E-state index >= 15 is 0 Å². The standard InChI is InChI=1S/C15H18N2O3/c1-9(2)13(8-14(19)20)17-15-12-7-11(18)4-3-10(12)5-6-16-15/h3-7,9,13,18H,8H2,1-2H3,(H,16,17)(H,19,20). The van der Waals surface area contributed by atoms with E-state index in [2.05, 4.69) is 10.3 Å². The summed E-state index contributed by atoms with van der Waals surface area (Å²) >= 11 is 0. The van der Waals surface area contributed by atoms with Crippen LogP contribution >= 0.6 is 0 Å². The predicted octanol–water partition coefficient (Wildman–Crippen LogP) is 2.85. The minimum absolute atomic E-state index is 0.0224. The summed E-state index contributed by atoms with van der Waals surface area (Å²) in [6.07, 6.45) is 1.69. The highest BCUT2D eigenvalue weighted by Gasteiger charge is 2.18. The van der Waals surface area contributed by atoms with Crippen LogP contribution in [0.15, 0.2) is 30.5 Å². The molecule has 2 aromatic rings. The van der Waals surface area contributed by atoms with Crippen LogP contribution in [0.3, 0.4) is 0 Å². The van der Waals surface area contributed by atoms with Crippen LogP contribution in [-0.4, -0.2) is 27.2 Å². The fourth-order valence-corrected chi connectivity index (χ4v) is 2.09. The third-order valence-electron chi connectivity index (χ3n) is 3.27. The highest BCUT2D eigenvalue weighted by Crippen LogP contribution is 2.26. The summed E-state index contributed by atoms with van der Waals surface area (Å²) in [5, 5.41) is 23.5. The quantitative estimate of drug-likeness (QED) is 0.781. The molecule has 0 fully saturated rings. The Balaban J connectivity index is 2.36. The van der Waals surface area contributed by atoms with Crippen LogP contribution in [0.5, 0.6) is 5.75 Å². The zero-order chi connectivity index (χ0) is 14.7. The van der Waals surface area contributed by atoms with Gasteiger partial charge < -0.3 is 15.5 Å². The summed E-state index contributed by atoms with van der Waals surface area (Å²) in [7, 11) is 0. The predicted molar refractivity (Wildman–Crippen MR) is 77.9 cm³/mol. The van der Waals surface area contributed by atoms with Gasteiger partial charge in [-0.2, -0.15) is 0 Å². The van der Waals surface area contributed by atoms with Crippen molar-refractivity contribution in [1.82, 2.24) is 4.98 Å². The molecular weight excluding hydrogens is 256 g/mol. The number of anilines is 1. The number of aromatic nitrogens is 1. The lowest BCUT2D eigenvalue weighted by Crippen LogP contribution is -2.29. The minimum Gasteiger partial charge on any atom is -0.508 e. The van der Waals surface area contributed by atoms with Crippen LogP contribution in [0, 0.1) is 5.92 Å². The first-order valence-electron chi connectivity index (χ1n) is 6.53. The fourth-order valence-electron chi connectivity index (χ4n) is 2.09. The van der Waals surface area contributed by atoms with Crippen molar-refractivity contribution in [3.63, 3.8) is 0 Å². The highest BCUT2D eigenvalue weighted by atomic mass is 16.4. The number of fused-ring (bicyclic) bond motifs is 1. The van der Waals surface area contributed by atoms with Crippen molar-refractivity contribution in [2.75, 3.05) is 5.32 Å². The molecule has 5 nitrogen and oxygen atoms in total. The zero-order valence-electron chi connectivity index (χ0n) is 11.5. The van der Waals surface area contributed by atoms with Crippen molar-refractivity contribution < 1.29 is 15.0 Å². The van der Waals surface area contributed by atoms with Crippen molar-refractivity contribution in [2.45, 2.75) is 26.3 Å². The number of rotatable bonds is 5. The Morgan fingerprint density at radius 1 is 1.35 bits per heavy atom. The van der Waals surface area contributed by atoms with E-state index in [0.717, 1.165) is 10.8 Å². The highest BCUT2D eigenvalue weighted by molar-refractivity contribution is 5.92. The molecule has 1 aromatic heterocycles. The molecule has 20 heavy (non-hydrogen) atoms. The molecule has 0 saturated heterocycles. The van der Waals surface area contributed by atoms with Gasteiger partial charge in [-0.3, -0.25) is 4.79 Å². The molecule has 0 radical (unpaired) electrons. The molecule has 106 valence electrons. The van der Waals surface area contributed by atoms with Crippen LogP contribution in [-0.2, 0) is 4.79 Å². The van der Waals surface area contributed by atoms with Crippen LogP contribution in [0.2, 0.25) is 0 Å². The zero-order valence-corrected chi connectivity index (χ0v) is 11.5. The lowest BCUT2D eigenvalue weighted by Gasteiger charge is -2.22. The first-order valence-corrected chi connectivity index (χ1v) is 6.53. The van der Waals surface area contributed by atoms with Gasteiger partial charge in [0.2, 0.25) is 0 Å². The number of benzene rings is 1. The number of nitrogens with one attached hydrogen (secondary N) is 1. The molecule has 0 spiro atoms. The smallest absolute Gasteiger partial charge is 0.305 e. The summed E-state index contributed by atoms with van der Waals surface area (Å²) in [4.78, 5) is 15.2. The molecular formula is C15H18N2O3. The van der Waals surface area contributed by atoms with Crippen LogP contribution < -0.4 is 5.32 Å². The van der Waals surface area contributed by atoms with Gasteiger partial charge in [-0.25, -0.2) is 4.98 Å². The van der Waals surface area contributed by atoms with Gasteiger partial charge >= 0.3 is 5.97 Å². The largest absolute Gasteiger partial charge is 0.508 e. The number of hydrogen-bond donors (Lipinski definition) is 3. The Hall–Kier alpha value is -2.30. The molecule has 0 amide bonds. The van der Waals surface area contributed by atoms with Gasteiger partial charge in [-0.15, -0.1) is 0 Å². The Kier molecular flexibility index (Phi) is 4.08. The Bertz CT molecular complexity index is 626. The maximum absolute atomic E-state index is 10.9. The molecule has 3 N–H and O–H groups in total. The summed E-state index contributed by atoms with van der Waals surface area (Å²) in [5.41, 5.74) is 0. The maximum atomic E-state index is 10.9. The van der Waals surface area contributed by atoms with E-state index in [-0.39, 0.29) is 24.1 Å². The summed E-state index contributed by atoms with van der Waals surface area (Å²) in [6.45, 7) is 3.92. The average molecular weight is 274 g/mol. The van der Waals surface area contributed by atoms with E-state index in [9.17, 15) is 9.90 Å². The molecule has 1 atom stereocenters. The number of carboxylic acids is 1. The van der Waals surface area contributed by atoms with Crippen LogP contribution in [0.25, 0.3) is 10.8 Å². The third-order valence-corrected chi connectivity index (χ3v) is 3.27. The molecule has 0 saturated carbocycles. The first kappa shape index (κ1) is 14.1. The van der Waals surface area contributed by atoms with E-state index in [1.165, 1.54) is 0 Å². The number of aliphatic carboxylic acids is 1. The van der Waals surface area contributed by atoms with Crippen molar-refractivity contribution in [1.29, 1.82) is 0 Å². The summed E-state index contributed by atoms with van der Waals surface area (Å²) < 4.78 is 0. The van der Waals surface area contributed by atoms with E-state index in [1.54, 1.807) is 24.4 Å². The first-order chi connectivity index (χ1) is 9.47. The molecule has 0 aliphatic rings. The molecule has 0 aliphatic carbocycles. The monoisotopic (exact) mass is 274 g/mol. The van der Waals surface area contributed by atoms with Gasteiger partial charge in [-0.05, 0) is 29.5 Å². The van der Waals surface area contributed by atoms with E-state index in [1.807, 2.05) is 19.9 Å². The molecule has 1 aromatic carbocycles.